The molecule has 0 aliphatic carbocycles. The Morgan fingerprint density at radius 1 is 1.14 bits per heavy atom. The van der Waals surface area contributed by atoms with E-state index in [0.29, 0.717) is 11.5 Å². The molecule has 2 aromatic carbocycles. The van der Waals surface area contributed by atoms with Crippen molar-refractivity contribution in [3.8, 4) is 11.5 Å². The summed E-state index contributed by atoms with van der Waals surface area (Å²) in [6, 6.07) is 12.6. The fraction of sp³-hybridized carbons (Fsp3) is 0.235. The van der Waals surface area contributed by atoms with E-state index in [1.54, 1.807) is 12.1 Å². The molecular formula is C17H17BrO3. The molecule has 0 saturated heterocycles. The van der Waals surface area contributed by atoms with Crippen LogP contribution in [0.1, 0.15) is 36.7 Å². The van der Waals surface area contributed by atoms with Crippen LogP contribution >= 0.6 is 15.9 Å². The first-order chi connectivity index (χ1) is 9.77. The Morgan fingerprint density at radius 2 is 1.86 bits per heavy atom. The molecule has 4 heteroatoms. The smallest absolute Gasteiger partial charge is 0.339 e. The monoisotopic (exact) mass is 348 g/mol. The summed E-state index contributed by atoms with van der Waals surface area (Å²) in [7, 11) is 0. The van der Waals surface area contributed by atoms with Gasteiger partial charge in [-0.05, 0) is 41.3 Å². The Morgan fingerprint density at radius 3 is 2.48 bits per heavy atom. The first-order valence-electron chi connectivity index (χ1n) is 6.58. The summed E-state index contributed by atoms with van der Waals surface area (Å²) < 4.78 is 6.55. The van der Waals surface area contributed by atoms with Crippen LogP contribution in [0.4, 0.5) is 0 Å². The number of halogens is 1. The zero-order chi connectivity index (χ0) is 15.6. The lowest BCUT2D eigenvalue weighted by atomic mass is 9.87. The molecule has 110 valence electrons. The molecule has 3 nitrogen and oxygen atoms in total. The van der Waals surface area contributed by atoms with E-state index in [-0.39, 0.29) is 11.0 Å². The van der Waals surface area contributed by atoms with E-state index in [4.69, 9.17) is 4.74 Å². The molecule has 0 saturated carbocycles. The maximum atomic E-state index is 11.3. The lowest BCUT2D eigenvalue weighted by Gasteiger charge is -2.20. The largest absolute Gasteiger partial charge is 0.478 e. The highest BCUT2D eigenvalue weighted by molar-refractivity contribution is 9.10. The van der Waals surface area contributed by atoms with Crippen LogP contribution in [-0.2, 0) is 5.41 Å². The van der Waals surface area contributed by atoms with Crippen LogP contribution in [0.15, 0.2) is 46.9 Å². The van der Waals surface area contributed by atoms with Gasteiger partial charge in [0.05, 0.1) is 0 Å². The molecule has 2 aromatic rings. The van der Waals surface area contributed by atoms with Gasteiger partial charge in [0.25, 0.3) is 0 Å². The van der Waals surface area contributed by atoms with Gasteiger partial charge >= 0.3 is 5.97 Å². The fourth-order valence-corrected chi connectivity index (χ4v) is 2.25. The molecule has 0 amide bonds. The third kappa shape index (κ3) is 3.85. The highest BCUT2D eigenvalue weighted by atomic mass is 79.9. The van der Waals surface area contributed by atoms with E-state index in [2.05, 4.69) is 36.7 Å². The van der Waals surface area contributed by atoms with E-state index >= 15 is 0 Å². The molecule has 2 rings (SSSR count). The Hall–Kier alpha value is -1.81. The van der Waals surface area contributed by atoms with Crippen LogP contribution in [-0.4, -0.2) is 11.1 Å². The van der Waals surface area contributed by atoms with E-state index in [0.717, 1.165) is 10.0 Å². The molecule has 0 spiro atoms. The second kappa shape index (κ2) is 5.90. The number of ether oxygens (including phenoxy) is 1. The van der Waals surface area contributed by atoms with Gasteiger partial charge < -0.3 is 9.84 Å². The summed E-state index contributed by atoms with van der Waals surface area (Å²) in [5.74, 6) is -0.0598. The van der Waals surface area contributed by atoms with Gasteiger partial charge in [0, 0.05) is 4.47 Å². The minimum absolute atomic E-state index is 0.00622. The predicted octanol–water partition coefficient (Wildman–Crippen LogP) is 5.24. The van der Waals surface area contributed by atoms with Crippen LogP contribution in [0.2, 0.25) is 0 Å². The van der Waals surface area contributed by atoms with Crippen LogP contribution < -0.4 is 4.74 Å². The number of hydrogen-bond acceptors (Lipinski definition) is 2. The highest BCUT2D eigenvalue weighted by Gasteiger charge is 2.16. The third-order valence-electron chi connectivity index (χ3n) is 3.10. The summed E-state index contributed by atoms with van der Waals surface area (Å²) in [6.07, 6.45) is 0. The number of hydrogen-bond donors (Lipinski definition) is 1. The van der Waals surface area contributed by atoms with Crippen molar-refractivity contribution in [1.29, 1.82) is 0 Å². The SMILES string of the molecule is CC(C)(C)c1cccc(Oc2cc(Br)ccc2C(=O)O)c1. The summed E-state index contributed by atoms with van der Waals surface area (Å²) in [5, 5.41) is 9.22. The van der Waals surface area contributed by atoms with Gasteiger partial charge in [-0.2, -0.15) is 0 Å². The second-order valence-corrected chi connectivity index (χ2v) is 6.74. The molecule has 0 heterocycles. The van der Waals surface area contributed by atoms with E-state index in [1.165, 1.54) is 6.07 Å². The molecule has 0 aliphatic rings. The standard InChI is InChI=1S/C17H17BrO3/c1-17(2,3)11-5-4-6-13(9-11)21-15-10-12(18)7-8-14(15)16(19)20/h4-10H,1-3H3,(H,19,20). The Bertz CT molecular complexity index is 672. The first kappa shape index (κ1) is 15.6. The molecule has 0 unspecified atom stereocenters. The first-order valence-corrected chi connectivity index (χ1v) is 7.38. The van der Waals surface area contributed by atoms with Gasteiger partial charge in [-0.25, -0.2) is 4.79 Å². The zero-order valence-electron chi connectivity index (χ0n) is 12.2. The molecule has 0 atom stereocenters. The number of aromatic carboxylic acids is 1. The molecule has 0 radical (unpaired) electrons. The molecule has 0 bridgehead atoms. The highest BCUT2D eigenvalue weighted by Crippen LogP contribution is 2.31. The third-order valence-corrected chi connectivity index (χ3v) is 3.60. The van der Waals surface area contributed by atoms with Gasteiger partial charge in [-0.1, -0.05) is 48.8 Å². The van der Waals surface area contributed by atoms with Gasteiger partial charge in [0.15, 0.2) is 0 Å². The van der Waals surface area contributed by atoms with Gasteiger partial charge in [0.1, 0.15) is 17.1 Å². The fourth-order valence-electron chi connectivity index (χ4n) is 1.91. The van der Waals surface area contributed by atoms with Gasteiger partial charge in [-0.3, -0.25) is 0 Å². The minimum Gasteiger partial charge on any atom is -0.478 e. The normalized spacial score (nSPS) is 11.2. The summed E-state index contributed by atoms with van der Waals surface area (Å²) in [5.41, 5.74) is 1.28. The van der Waals surface area contributed by atoms with Crippen LogP contribution in [0.5, 0.6) is 11.5 Å². The number of benzene rings is 2. The summed E-state index contributed by atoms with van der Waals surface area (Å²) >= 11 is 3.33. The maximum absolute atomic E-state index is 11.3. The quantitative estimate of drug-likeness (QED) is 0.825. The lowest BCUT2D eigenvalue weighted by Crippen LogP contribution is -2.10. The van der Waals surface area contributed by atoms with Crippen molar-refractivity contribution in [3.05, 3.63) is 58.1 Å². The van der Waals surface area contributed by atoms with Gasteiger partial charge in [-0.15, -0.1) is 0 Å². The molecule has 0 aliphatic heterocycles. The van der Waals surface area contributed by atoms with Crippen molar-refractivity contribution < 1.29 is 14.6 Å². The Balaban J connectivity index is 2.39. The van der Waals surface area contributed by atoms with E-state index in [1.807, 2.05) is 24.3 Å². The zero-order valence-corrected chi connectivity index (χ0v) is 13.8. The van der Waals surface area contributed by atoms with Crippen molar-refractivity contribution in [2.24, 2.45) is 0 Å². The van der Waals surface area contributed by atoms with Gasteiger partial charge in [0.2, 0.25) is 0 Å². The number of carboxylic acid groups (broad SMARTS) is 1. The molecular weight excluding hydrogens is 332 g/mol. The van der Waals surface area contributed by atoms with Crippen molar-refractivity contribution in [2.75, 3.05) is 0 Å². The Labute approximate surface area is 132 Å². The molecule has 1 N–H and O–H groups in total. The predicted molar refractivity (Wildman–Crippen MR) is 86.3 cm³/mol. The molecule has 21 heavy (non-hydrogen) atoms. The topological polar surface area (TPSA) is 46.5 Å². The van der Waals surface area contributed by atoms with Crippen molar-refractivity contribution in [1.82, 2.24) is 0 Å². The number of rotatable bonds is 3. The van der Waals surface area contributed by atoms with Crippen molar-refractivity contribution in [2.45, 2.75) is 26.2 Å². The van der Waals surface area contributed by atoms with Crippen LogP contribution in [0.3, 0.4) is 0 Å². The number of carboxylic acids is 1. The van der Waals surface area contributed by atoms with Crippen molar-refractivity contribution >= 4 is 21.9 Å². The molecule has 0 aromatic heterocycles. The lowest BCUT2D eigenvalue weighted by molar-refractivity contribution is 0.0694. The molecule has 0 fully saturated rings. The van der Waals surface area contributed by atoms with Crippen LogP contribution in [0.25, 0.3) is 0 Å². The average molecular weight is 349 g/mol. The maximum Gasteiger partial charge on any atom is 0.339 e. The van der Waals surface area contributed by atoms with E-state index < -0.39 is 5.97 Å². The Kier molecular flexibility index (Phi) is 4.37. The van der Waals surface area contributed by atoms with Crippen molar-refractivity contribution in [3.63, 3.8) is 0 Å². The summed E-state index contributed by atoms with van der Waals surface area (Å²) in [6.45, 7) is 6.36. The van der Waals surface area contributed by atoms with E-state index in [9.17, 15) is 9.90 Å². The summed E-state index contributed by atoms with van der Waals surface area (Å²) in [4.78, 5) is 11.3. The number of carbonyl (C=O) groups is 1. The average Bonchev–Trinajstić information content (AvgIpc) is 2.37. The van der Waals surface area contributed by atoms with Crippen LogP contribution in [0, 0.1) is 0 Å². The minimum atomic E-state index is -1.01. The second-order valence-electron chi connectivity index (χ2n) is 5.83.